The van der Waals surface area contributed by atoms with Crippen molar-refractivity contribution in [2.75, 3.05) is 25.2 Å². The van der Waals surface area contributed by atoms with Crippen molar-refractivity contribution in [3.8, 4) is 5.75 Å². The molecule has 1 unspecified atom stereocenters. The van der Waals surface area contributed by atoms with E-state index in [9.17, 15) is 9.59 Å². The molecule has 0 bridgehead atoms. The third-order valence-electron chi connectivity index (χ3n) is 2.91. The number of halogens is 1. The van der Waals surface area contributed by atoms with Crippen LogP contribution >= 0.6 is 23.4 Å². The van der Waals surface area contributed by atoms with Gasteiger partial charge in [-0.25, -0.2) is 9.59 Å². The molecule has 0 spiro atoms. The van der Waals surface area contributed by atoms with E-state index in [1.165, 1.54) is 11.8 Å². The zero-order valence-electron chi connectivity index (χ0n) is 12.9. The minimum atomic E-state index is -1.03. The number of thioether (sulfide) groups is 1. The van der Waals surface area contributed by atoms with Crippen LogP contribution in [0.25, 0.3) is 0 Å². The van der Waals surface area contributed by atoms with Gasteiger partial charge in [-0.3, -0.25) is 0 Å². The van der Waals surface area contributed by atoms with Crippen LogP contribution in [0.3, 0.4) is 0 Å². The van der Waals surface area contributed by atoms with Crippen molar-refractivity contribution in [2.45, 2.75) is 18.9 Å². The molecule has 0 aliphatic rings. The van der Waals surface area contributed by atoms with Gasteiger partial charge in [-0.2, -0.15) is 11.8 Å². The molecule has 6 nitrogen and oxygen atoms in total. The fourth-order valence-electron chi connectivity index (χ4n) is 1.72. The zero-order valence-corrected chi connectivity index (χ0v) is 14.5. The Balaban J connectivity index is 2.20. The standard InChI is InChI=1S/C15H21ClN2O4S/c1-23-10-7-12(14(19)20)18-15(21)17-8-4-9-22-13-6-3-2-5-11(13)16/h2-3,5-6,12H,4,7-10H2,1H3,(H,19,20)(H2,17,18,21). The number of amides is 2. The first-order chi connectivity index (χ1) is 11.0. The van der Waals surface area contributed by atoms with Crippen LogP contribution in [0.4, 0.5) is 4.79 Å². The Morgan fingerprint density at radius 3 is 2.78 bits per heavy atom. The number of rotatable bonds is 10. The summed E-state index contributed by atoms with van der Waals surface area (Å²) in [7, 11) is 0. The van der Waals surface area contributed by atoms with Gasteiger partial charge in [-0.05, 0) is 37.0 Å². The van der Waals surface area contributed by atoms with E-state index in [0.717, 1.165) is 0 Å². The summed E-state index contributed by atoms with van der Waals surface area (Å²) in [5.74, 6) is 0.237. The van der Waals surface area contributed by atoms with Crippen molar-refractivity contribution < 1.29 is 19.4 Å². The molecule has 0 radical (unpaired) electrons. The Hall–Kier alpha value is -1.60. The molecule has 0 aliphatic heterocycles. The molecule has 0 saturated heterocycles. The van der Waals surface area contributed by atoms with Crippen LogP contribution in [0.5, 0.6) is 5.75 Å². The highest BCUT2D eigenvalue weighted by Crippen LogP contribution is 2.22. The average molecular weight is 361 g/mol. The van der Waals surface area contributed by atoms with Gasteiger partial charge in [0.15, 0.2) is 0 Å². The number of carbonyl (C=O) groups excluding carboxylic acids is 1. The topological polar surface area (TPSA) is 87.7 Å². The van der Waals surface area contributed by atoms with Crippen LogP contribution in [0, 0.1) is 0 Å². The van der Waals surface area contributed by atoms with E-state index in [4.69, 9.17) is 21.4 Å². The number of carboxylic acid groups (broad SMARTS) is 1. The number of para-hydroxylation sites is 1. The predicted molar refractivity (Wildman–Crippen MR) is 92.5 cm³/mol. The van der Waals surface area contributed by atoms with Gasteiger partial charge in [0, 0.05) is 6.54 Å². The number of hydrogen-bond acceptors (Lipinski definition) is 4. The van der Waals surface area contributed by atoms with Crippen molar-refractivity contribution in [1.82, 2.24) is 10.6 Å². The fourth-order valence-corrected chi connectivity index (χ4v) is 2.38. The van der Waals surface area contributed by atoms with E-state index in [1.807, 2.05) is 18.4 Å². The van der Waals surface area contributed by atoms with Crippen LogP contribution < -0.4 is 15.4 Å². The van der Waals surface area contributed by atoms with Gasteiger partial charge in [0.1, 0.15) is 11.8 Å². The van der Waals surface area contributed by atoms with Gasteiger partial charge < -0.3 is 20.5 Å². The van der Waals surface area contributed by atoms with Gasteiger partial charge in [-0.1, -0.05) is 23.7 Å². The summed E-state index contributed by atoms with van der Waals surface area (Å²) in [6, 6.07) is 5.79. The van der Waals surface area contributed by atoms with Crippen molar-refractivity contribution >= 4 is 35.4 Å². The Labute approximate surface area is 144 Å². The van der Waals surface area contributed by atoms with E-state index in [2.05, 4.69) is 10.6 Å². The van der Waals surface area contributed by atoms with Crippen LogP contribution in [-0.2, 0) is 4.79 Å². The molecule has 1 aromatic carbocycles. The summed E-state index contributed by atoms with van der Waals surface area (Å²) in [6.07, 6.45) is 2.86. The molecule has 1 atom stereocenters. The molecule has 0 heterocycles. The smallest absolute Gasteiger partial charge is 0.326 e. The van der Waals surface area contributed by atoms with Gasteiger partial charge in [0.2, 0.25) is 0 Å². The van der Waals surface area contributed by atoms with Crippen LogP contribution in [0.1, 0.15) is 12.8 Å². The van der Waals surface area contributed by atoms with E-state index in [-0.39, 0.29) is 0 Å². The highest BCUT2D eigenvalue weighted by atomic mass is 35.5. The Morgan fingerprint density at radius 1 is 1.39 bits per heavy atom. The number of hydrogen-bond donors (Lipinski definition) is 3. The van der Waals surface area contributed by atoms with Gasteiger partial charge in [0.05, 0.1) is 11.6 Å². The second kappa shape index (κ2) is 11.0. The number of ether oxygens (including phenoxy) is 1. The first-order valence-corrected chi connectivity index (χ1v) is 8.95. The molecule has 2 amide bonds. The summed E-state index contributed by atoms with van der Waals surface area (Å²) >= 11 is 7.49. The van der Waals surface area contributed by atoms with Gasteiger partial charge >= 0.3 is 12.0 Å². The van der Waals surface area contributed by atoms with Crippen molar-refractivity contribution in [3.05, 3.63) is 29.3 Å². The molecule has 1 rings (SSSR count). The molecule has 0 saturated carbocycles. The molecule has 0 aromatic heterocycles. The zero-order chi connectivity index (χ0) is 17.1. The van der Waals surface area contributed by atoms with Crippen LogP contribution in [0.15, 0.2) is 24.3 Å². The average Bonchev–Trinajstić information content (AvgIpc) is 2.52. The summed E-state index contributed by atoms with van der Waals surface area (Å²) in [5, 5.41) is 14.6. The number of aliphatic carboxylic acids is 1. The number of benzene rings is 1. The van der Waals surface area contributed by atoms with Crippen molar-refractivity contribution in [3.63, 3.8) is 0 Å². The predicted octanol–water partition coefficient (Wildman–Crippen LogP) is 2.61. The lowest BCUT2D eigenvalue weighted by Crippen LogP contribution is -2.46. The molecular formula is C15H21ClN2O4S. The quantitative estimate of drug-likeness (QED) is 0.558. The maximum Gasteiger partial charge on any atom is 0.326 e. The summed E-state index contributed by atoms with van der Waals surface area (Å²) in [6.45, 7) is 0.782. The summed E-state index contributed by atoms with van der Waals surface area (Å²) in [5.41, 5.74) is 0. The molecule has 0 aliphatic carbocycles. The minimum Gasteiger partial charge on any atom is -0.492 e. The largest absolute Gasteiger partial charge is 0.492 e. The Morgan fingerprint density at radius 2 is 2.13 bits per heavy atom. The highest BCUT2D eigenvalue weighted by Gasteiger charge is 2.18. The lowest BCUT2D eigenvalue weighted by Gasteiger charge is -2.14. The second-order valence-corrected chi connectivity index (χ2v) is 6.10. The number of carbonyl (C=O) groups is 2. The molecule has 23 heavy (non-hydrogen) atoms. The third kappa shape index (κ3) is 7.99. The summed E-state index contributed by atoms with van der Waals surface area (Å²) in [4.78, 5) is 22.7. The number of urea groups is 1. The number of carboxylic acids is 1. The SMILES string of the molecule is CSCCC(NC(=O)NCCCOc1ccccc1Cl)C(=O)O. The number of nitrogens with one attached hydrogen (secondary N) is 2. The fraction of sp³-hybridized carbons (Fsp3) is 0.467. The van der Waals surface area contributed by atoms with E-state index in [0.29, 0.717) is 42.5 Å². The lowest BCUT2D eigenvalue weighted by atomic mass is 10.2. The third-order valence-corrected chi connectivity index (χ3v) is 3.87. The normalized spacial score (nSPS) is 11.6. The van der Waals surface area contributed by atoms with Crippen molar-refractivity contribution in [1.29, 1.82) is 0 Å². The van der Waals surface area contributed by atoms with E-state index < -0.39 is 18.0 Å². The maximum atomic E-state index is 11.7. The molecular weight excluding hydrogens is 340 g/mol. The molecule has 1 aromatic rings. The molecule has 8 heteroatoms. The first-order valence-electron chi connectivity index (χ1n) is 7.18. The van der Waals surface area contributed by atoms with Crippen LogP contribution in [0.2, 0.25) is 5.02 Å². The van der Waals surface area contributed by atoms with Crippen molar-refractivity contribution in [2.24, 2.45) is 0 Å². The first kappa shape index (κ1) is 19.4. The lowest BCUT2D eigenvalue weighted by molar-refractivity contribution is -0.139. The molecule has 128 valence electrons. The van der Waals surface area contributed by atoms with Gasteiger partial charge in [0.25, 0.3) is 0 Å². The molecule has 3 N–H and O–H groups in total. The monoisotopic (exact) mass is 360 g/mol. The van der Waals surface area contributed by atoms with Gasteiger partial charge in [-0.15, -0.1) is 0 Å². The summed E-state index contributed by atoms with van der Waals surface area (Å²) < 4.78 is 5.49. The molecule has 0 fully saturated rings. The highest BCUT2D eigenvalue weighted by molar-refractivity contribution is 7.98. The van der Waals surface area contributed by atoms with E-state index >= 15 is 0 Å². The van der Waals surface area contributed by atoms with E-state index in [1.54, 1.807) is 12.1 Å². The Bertz CT molecular complexity index is 516. The Kier molecular flexibility index (Phi) is 9.31. The minimum absolute atomic E-state index is 0.380. The van der Waals surface area contributed by atoms with Crippen LogP contribution in [-0.4, -0.2) is 48.3 Å². The second-order valence-electron chi connectivity index (χ2n) is 4.70. The maximum absolute atomic E-state index is 11.7.